The fourth-order valence-corrected chi connectivity index (χ4v) is 3.84. The molecule has 2 heterocycles. The normalized spacial score (nSPS) is 15.8. The highest BCUT2D eigenvalue weighted by atomic mass is 35.5. The molecule has 31 heavy (non-hydrogen) atoms. The molecule has 0 aliphatic carbocycles. The number of nitrogens with zero attached hydrogens (tertiary/aromatic N) is 5. The van der Waals surface area contributed by atoms with Crippen LogP contribution in [-0.4, -0.2) is 46.1 Å². The molecular weight excluding hydrogens is 425 g/mol. The fraction of sp³-hybridized carbons (Fsp3) is 0.333. The Morgan fingerprint density at radius 2 is 1.94 bits per heavy atom. The van der Waals surface area contributed by atoms with Gasteiger partial charge >= 0.3 is 0 Å². The maximum Gasteiger partial charge on any atom is 0.294 e. The minimum absolute atomic E-state index is 0.000807. The van der Waals surface area contributed by atoms with Crippen molar-refractivity contribution in [3.05, 3.63) is 68.8 Å². The number of nitro groups is 1. The Hall–Kier alpha value is -3.04. The third-order valence-corrected chi connectivity index (χ3v) is 5.80. The molecule has 4 rings (SSSR count). The van der Waals surface area contributed by atoms with Crippen molar-refractivity contribution >= 4 is 23.0 Å². The van der Waals surface area contributed by atoms with Gasteiger partial charge in [0.1, 0.15) is 11.5 Å². The fourth-order valence-electron chi connectivity index (χ4n) is 3.67. The van der Waals surface area contributed by atoms with E-state index in [1.54, 1.807) is 31.2 Å². The number of nitro benzene ring substituents is 1. The van der Waals surface area contributed by atoms with Gasteiger partial charge in [-0.2, -0.15) is 4.98 Å². The van der Waals surface area contributed by atoms with E-state index < -0.39 is 4.92 Å². The smallest absolute Gasteiger partial charge is 0.294 e. The van der Waals surface area contributed by atoms with E-state index in [2.05, 4.69) is 15.0 Å². The van der Waals surface area contributed by atoms with Crippen molar-refractivity contribution in [1.29, 1.82) is 0 Å². The Kier molecular flexibility index (Phi) is 5.88. The minimum atomic E-state index is -0.413. The first kappa shape index (κ1) is 21.2. The van der Waals surface area contributed by atoms with Crippen molar-refractivity contribution in [1.82, 2.24) is 15.0 Å². The molecule has 0 amide bonds. The zero-order valence-electron chi connectivity index (χ0n) is 17.1. The second-order valence-corrected chi connectivity index (χ2v) is 7.95. The van der Waals surface area contributed by atoms with Gasteiger partial charge in [-0.15, -0.1) is 0 Å². The molecule has 1 aromatic heterocycles. The van der Waals surface area contributed by atoms with E-state index in [0.717, 1.165) is 0 Å². The van der Waals surface area contributed by atoms with E-state index in [4.69, 9.17) is 16.1 Å². The third-order valence-electron chi connectivity index (χ3n) is 5.57. The van der Waals surface area contributed by atoms with E-state index in [-0.39, 0.29) is 17.5 Å². The SMILES string of the molecule is Cc1ccc(-c2noc(C(C)N3CCN(c4ccc(Cl)cc4[N+](=O)[O-])CC3)n2)cc1F. The first-order valence-corrected chi connectivity index (χ1v) is 10.2. The molecule has 0 bridgehead atoms. The van der Waals surface area contributed by atoms with Crippen LogP contribution >= 0.6 is 11.6 Å². The van der Waals surface area contributed by atoms with Crippen LogP contribution in [0.4, 0.5) is 15.8 Å². The van der Waals surface area contributed by atoms with Crippen LogP contribution in [0, 0.1) is 22.9 Å². The number of hydrogen-bond donors (Lipinski definition) is 0. The molecule has 0 N–H and O–H groups in total. The van der Waals surface area contributed by atoms with Gasteiger partial charge in [-0.25, -0.2) is 4.39 Å². The number of anilines is 1. The molecule has 0 radical (unpaired) electrons. The second-order valence-electron chi connectivity index (χ2n) is 7.51. The third kappa shape index (κ3) is 4.38. The van der Waals surface area contributed by atoms with Gasteiger partial charge in [0.15, 0.2) is 0 Å². The van der Waals surface area contributed by atoms with Gasteiger partial charge in [0.25, 0.3) is 5.69 Å². The Labute approximate surface area is 183 Å². The van der Waals surface area contributed by atoms with Crippen LogP contribution in [0.3, 0.4) is 0 Å². The van der Waals surface area contributed by atoms with Crippen LogP contribution in [0.25, 0.3) is 11.4 Å². The molecule has 1 unspecified atom stereocenters. The van der Waals surface area contributed by atoms with Crippen LogP contribution in [-0.2, 0) is 0 Å². The highest BCUT2D eigenvalue weighted by Crippen LogP contribution is 2.32. The Balaban J connectivity index is 1.44. The summed E-state index contributed by atoms with van der Waals surface area (Å²) in [6, 6.07) is 9.41. The molecule has 1 aliphatic rings. The average molecular weight is 446 g/mol. The predicted octanol–water partition coefficient (Wildman–Crippen LogP) is 4.63. The van der Waals surface area contributed by atoms with Gasteiger partial charge in [-0.05, 0) is 37.6 Å². The lowest BCUT2D eigenvalue weighted by Crippen LogP contribution is -2.47. The number of aryl methyl sites for hydroxylation is 1. The monoisotopic (exact) mass is 445 g/mol. The van der Waals surface area contributed by atoms with Gasteiger partial charge in [0.05, 0.1) is 11.0 Å². The summed E-state index contributed by atoms with van der Waals surface area (Å²) in [5, 5.41) is 15.7. The molecule has 8 nitrogen and oxygen atoms in total. The first-order chi connectivity index (χ1) is 14.8. The predicted molar refractivity (Wildman–Crippen MR) is 115 cm³/mol. The second kappa shape index (κ2) is 8.60. The van der Waals surface area contributed by atoms with Gasteiger partial charge in [-0.3, -0.25) is 15.0 Å². The van der Waals surface area contributed by atoms with Gasteiger partial charge in [-0.1, -0.05) is 28.9 Å². The zero-order chi connectivity index (χ0) is 22.1. The van der Waals surface area contributed by atoms with Crippen molar-refractivity contribution in [3.63, 3.8) is 0 Å². The molecule has 2 aromatic carbocycles. The summed E-state index contributed by atoms with van der Waals surface area (Å²) in [5.41, 5.74) is 1.67. The first-order valence-electron chi connectivity index (χ1n) is 9.86. The lowest BCUT2D eigenvalue weighted by atomic mass is 10.1. The number of rotatable bonds is 5. The largest absolute Gasteiger partial charge is 0.363 e. The number of halogens is 2. The summed E-state index contributed by atoms with van der Waals surface area (Å²) < 4.78 is 19.3. The molecule has 1 aliphatic heterocycles. The molecule has 0 spiro atoms. The molecule has 3 aromatic rings. The van der Waals surface area contributed by atoms with Crippen LogP contribution in [0.1, 0.15) is 24.4 Å². The zero-order valence-corrected chi connectivity index (χ0v) is 17.8. The Morgan fingerprint density at radius 1 is 1.19 bits per heavy atom. The average Bonchev–Trinajstić information content (AvgIpc) is 3.25. The summed E-state index contributed by atoms with van der Waals surface area (Å²) in [6.07, 6.45) is 0. The van der Waals surface area contributed by atoms with Crippen LogP contribution in [0.5, 0.6) is 0 Å². The maximum atomic E-state index is 13.8. The standard InChI is InChI=1S/C21H21ClFN5O3/c1-13-3-4-15(11-17(13)23)20-24-21(31-25-20)14(2)26-7-9-27(10-8-26)18-6-5-16(22)12-19(18)28(29)30/h3-6,11-12,14H,7-10H2,1-2H3. The van der Waals surface area contributed by atoms with E-state index in [0.29, 0.717) is 59.7 Å². The molecule has 1 fully saturated rings. The summed E-state index contributed by atoms with van der Waals surface area (Å²) in [4.78, 5) is 19.6. The summed E-state index contributed by atoms with van der Waals surface area (Å²) in [5.74, 6) is 0.474. The van der Waals surface area contributed by atoms with E-state index in [1.807, 2.05) is 11.8 Å². The van der Waals surface area contributed by atoms with Gasteiger partial charge in [0.2, 0.25) is 11.7 Å². The lowest BCUT2D eigenvalue weighted by molar-refractivity contribution is -0.384. The van der Waals surface area contributed by atoms with Crippen LogP contribution in [0.15, 0.2) is 40.9 Å². The number of benzene rings is 2. The lowest BCUT2D eigenvalue weighted by Gasteiger charge is -2.37. The number of hydrogen-bond acceptors (Lipinski definition) is 7. The summed E-state index contributed by atoms with van der Waals surface area (Å²) in [6.45, 7) is 6.21. The van der Waals surface area contributed by atoms with Crippen molar-refractivity contribution in [2.75, 3.05) is 31.1 Å². The number of aromatic nitrogens is 2. The van der Waals surface area contributed by atoms with Crippen molar-refractivity contribution < 1.29 is 13.8 Å². The highest BCUT2D eigenvalue weighted by Gasteiger charge is 2.28. The molecule has 10 heteroatoms. The molecule has 1 saturated heterocycles. The van der Waals surface area contributed by atoms with E-state index in [1.165, 1.54) is 12.1 Å². The van der Waals surface area contributed by atoms with Gasteiger partial charge < -0.3 is 9.42 Å². The summed E-state index contributed by atoms with van der Waals surface area (Å²) in [7, 11) is 0. The van der Waals surface area contributed by atoms with Gasteiger partial charge in [0, 0.05) is 42.8 Å². The minimum Gasteiger partial charge on any atom is -0.363 e. The van der Waals surface area contributed by atoms with Crippen LogP contribution < -0.4 is 4.90 Å². The molecule has 1 atom stereocenters. The molecule has 0 saturated carbocycles. The van der Waals surface area contributed by atoms with Crippen molar-refractivity contribution in [2.24, 2.45) is 0 Å². The topological polar surface area (TPSA) is 88.5 Å². The molecule has 162 valence electrons. The Bertz CT molecular complexity index is 1110. The number of piperazine rings is 1. The van der Waals surface area contributed by atoms with Crippen LogP contribution in [0.2, 0.25) is 5.02 Å². The van der Waals surface area contributed by atoms with Crippen molar-refractivity contribution in [2.45, 2.75) is 19.9 Å². The molecular formula is C21H21ClFN5O3. The highest BCUT2D eigenvalue weighted by molar-refractivity contribution is 6.30. The quantitative estimate of drug-likeness (QED) is 0.418. The summed E-state index contributed by atoms with van der Waals surface area (Å²) >= 11 is 5.92. The maximum absolute atomic E-state index is 13.8. The Morgan fingerprint density at radius 3 is 2.61 bits per heavy atom. The van der Waals surface area contributed by atoms with Crippen molar-refractivity contribution in [3.8, 4) is 11.4 Å². The van der Waals surface area contributed by atoms with E-state index in [9.17, 15) is 14.5 Å². The van der Waals surface area contributed by atoms with E-state index >= 15 is 0 Å².